The number of methoxy groups -OCH3 is 2. The molecule has 0 amide bonds. The summed E-state index contributed by atoms with van der Waals surface area (Å²) in [5, 5.41) is 0. The molecule has 2 atom stereocenters. The Morgan fingerprint density at radius 1 is 0.281 bits per heavy atom. The van der Waals surface area contributed by atoms with Crippen LogP contribution in [0.4, 0.5) is 0 Å². The second-order valence-electron chi connectivity index (χ2n) is 52.7. The molecule has 7 saturated carbocycles. The highest BCUT2D eigenvalue weighted by Crippen LogP contribution is 2.47. The van der Waals surface area contributed by atoms with Crippen LogP contribution in [0.15, 0.2) is 177 Å². The summed E-state index contributed by atoms with van der Waals surface area (Å²) in [6, 6.07) is 54.9. The van der Waals surface area contributed by atoms with Crippen LogP contribution in [0, 0.1) is 79.3 Å². The van der Waals surface area contributed by atoms with Gasteiger partial charge in [0.1, 0.15) is 0 Å². The molecular weight excluding hydrogens is 1790 g/mol. The average molecular weight is 2010 g/mol. The summed E-state index contributed by atoms with van der Waals surface area (Å²) in [5.74, 6) is 8.03. The van der Waals surface area contributed by atoms with Gasteiger partial charge in [0, 0.05) is 139 Å². The van der Waals surface area contributed by atoms with Gasteiger partial charge in [-0.15, -0.1) is 0 Å². The largest absolute Gasteiger partial charge is 0.454 e. The number of fused-ring (bicyclic) bond motifs is 1. The van der Waals surface area contributed by atoms with E-state index in [0.29, 0.717) is 82.1 Å². The highest BCUT2D eigenvalue weighted by atomic mass is 16.7. The lowest BCUT2D eigenvalue weighted by atomic mass is 9.71. The second-order valence-corrected chi connectivity index (χ2v) is 52.7. The molecule has 0 saturated heterocycles. The Kier molecular flexibility index (Phi) is 54.2. The minimum absolute atomic E-state index is 0.353. The smallest absolute Gasteiger partial charge is 0.231 e. The van der Waals surface area contributed by atoms with Crippen LogP contribution in [0.3, 0.4) is 0 Å². The average Bonchev–Trinajstić information content (AvgIpc) is 1.17. The molecule has 15 rings (SSSR count). The first kappa shape index (κ1) is 126. The Labute approximate surface area is 897 Å². The van der Waals surface area contributed by atoms with Crippen LogP contribution in [0.5, 0.6) is 11.5 Å². The van der Waals surface area contributed by atoms with E-state index in [4.69, 9.17) is 9.47 Å². The topological polar surface area (TPSA) is 111 Å². The third-order valence-corrected chi connectivity index (χ3v) is 35.4. The third-order valence-electron chi connectivity index (χ3n) is 35.4. The second kappa shape index (κ2) is 62.6. The first-order chi connectivity index (χ1) is 69.0. The van der Waals surface area contributed by atoms with E-state index in [1.54, 1.807) is 14.2 Å². The van der Waals surface area contributed by atoms with Crippen molar-refractivity contribution in [2.75, 3.05) is 83.6 Å². The highest BCUT2D eigenvalue weighted by Gasteiger charge is 2.40. The minimum Gasteiger partial charge on any atom is -0.454 e. The monoisotopic (exact) mass is 2010 g/mol. The maximum Gasteiger partial charge on any atom is 0.231 e. The standard InChI is InChI=1S/C19H29NO2.2C18H30N2.2C18H29N.2C17H28N2.C4H10O2.C2H6/c1-19(2,3)15-6-8-16(9-7-15)20(4)12-14-5-10-17-18(11-14)22-13-21-17;1-14(15-7-6-12-19-13-15)20(5)17-10-8-16(9-11-17)18(2,3)4;1-14(17-8-6-7-13-19-17)20(5)16-11-9-15(10-12-16)18(2,3)4;2*1-18(2,3)16-10-12-17(13-11-16)19(4)14-15-8-6-5-7-9-15;1-17(2,3)15-7-9-16(10-8-15)19(4)13-14-6-5-11-18-12-14;1-17(2,3)14-8-10-16(11-9-14)19(4)13-15-7-5-6-12-18-15;1-5-3-4-6-2;1-2/h5,10-11,15-16H,6-9,12-13H2,1-4H3;6-7,12-14,16-17H,8-11H2,1-5H3;6-8,13-16H,9-12H2,1-5H3;2*5-9,16-17H,10-14H2,1-4H3;5-6,11-12,15-16H,7-10,13H2,1-4H3;5-7,12,14,16H,8-11,13H2,1-4H3;3-4H2,1-2H3;1-2H3. The van der Waals surface area contributed by atoms with Crippen LogP contribution in [0.25, 0.3) is 0 Å². The van der Waals surface area contributed by atoms with Gasteiger partial charge in [0.25, 0.3) is 0 Å². The molecule has 0 spiro atoms. The van der Waals surface area contributed by atoms with Gasteiger partial charge in [-0.2, -0.15) is 0 Å². The molecule has 7 aliphatic carbocycles. The number of hydrogen-bond acceptors (Lipinski definition) is 15. The van der Waals surface area contributed by atoms with Gasteiger partial charge in [0.15, 0.2) is 11.5 Å². The van der Waals surface area contributed by atoms with E-state index in [1.165, 1.54) is 219 Å². The van der Waals surface area contributed by atoms with E-state index in [-0.39, 0.29) is 0 Å². The summed E-state index contributed by atoms with van der Waals surface area (Å²) in [5.41, 5.74) is 12.5. The molecule has 822 valence electrons. The molecule has 3 aromatic carbocycles. The molecule has 1 aliphatic heterocycles. The van der Waals surface area contributed by atoms with Gasteiger partial charge < -0.3 is 18.9 Å². The van der Waals surface area contributed by atoms with Gasteiger partial charge >= 0.3 is 0 Å². The SMILES string of the molecule is CC.CC(c1ccccn1)N(C)C1CCC(C(C)(C)C)CC1.CC(c1cccnc1)N(C)C1CCC(C(C)(C)C)CC1.CN(Cc1ccc2c(c1)OCO2)C1CCC(C(C)(C)C)CC1.CN(Cc1ccccc1)C1CCC(C(C)(C)C)CC1.CN(Cc1ccccc1)C1CCC(C(C)(C)C)CC1.CN(Cc1ccccn1)C1CCC(C(C)(C)C)CC1.CN(Cc1cccnc1)C1CCC(C(C)(C)C)CC1.COCCOC. The quantitative estimate of drug-likeness (QED) is 0.0535. The van der Waals surface area contributed by atoms with Crippen LogP contribution in [0.2, 0.25) is 0 Å². The van der Waals surface area contributed by atoms with Gasteiger partial charge in [-0.3, -0.25) is 54.2 Å². The van der Waals surface area contributed by atoms with Crippen LogP contribution in [-0.4, -0.2) is 180 Å². The molecule has 15 nitrogen and oxygen atoms in total. The van der Waals surface area contributed by atoms with Crippen molar-refractivity contribution in [2.24, 2.45) is 79.3 Å². The highest BCUT2D eigenvalue weighted by molar-refractivity contribution is 5.44. The lowest BCUT2D eigenvalue weighted by Gasteiger charge is -2.41. The predicted octanol–water partition coefficient (Wildman–Crippen LogP) is 32.8. The van der Waals surface area contributed by atoms with E-state index in [1.807, 2.05) is 81.4 Å². The summed E-state index contributed by atoms with van der Waals surface area (Å²) in [7, 11) is 19.2. The molecule has 4 aromatic heterocycles. The molecule has 0 N–H and O–H groups in total. The molecule has 146 heavy (non-hydrogen) atoms. The predicted molar refractivity (Wildman–Crippen MR) is 624 cm³/mol. The van der Waals surface area contributed by atoms with Crippen molar-refractivity contribution in [1.82, 2.24) is 54.2 Å². The van der Waals surface area contributed by atoms with E-state index < -0.39 is 0 Å². The Bertz CT molecular complexity index is 4090. The minimum atomic E-state index is 0.353. The first-order valence-corrected chi connectivity index (χ1v) is 58.0. The van der Waals surface area contributed by atoms with Gasteiger partial charge in [-0.05, 0) is 399 Å². The Hall–Kier alpha value is -6.50. The van der Waals surface area contributed by atoms with Crippen LogP contribution in [0.1, 0.15) is 404 Å². The first-order valence-electron chi connectivity index (χ1n) is 58.0. The zero-order valence-electron chi connectivity index (χ0n) is 100.0. The van der Waals surface area contributed by atoms with Crippen molar-refractivity contribution >= 4 is 0 Å². The number of hydrogen-bond donors (Lipinski definition) is 0. The molecule has 8 aliphatic rings. The lowest BCUT2D eigenvalue weighted by Crippen LogP contribution is -2.39. The molecule has 5 heterocycles. The van der Waals surface area contributed by atoms with Crippen molar-refractivity contribution in [2.45, 2.75) is 440 Å². The fourth-order valence-electron chi connectivity index (χ4n) is 24.3. The molecule has 0 bridgehead atoms. The number of ether oxygens (including phenoxy) is 4. The van der Waals surface area contributed by atoms with Crippen molar-refractivity contribution in [1.29, 1.82) is 0 Å². The van der Waals surface area contributed by atoms with Gasteiger partial charge in [-0.25, -0.2) is 0 Å². The van der Waals surface area contributed by atoms with Crippen molar-refractivity contribution in [3.05, 3.63) is 216 Å². The number of pyridine rings is 4. The number of rotatable bonds is 24. The number of nitrogens with zero attached hydrogens (tertiary/aromatic N) is 11. The maximum atomic E-state index is 5.48. The molecule has 7 aromatic rings. The zero-order chi connectivity index (χ0) is 108. The van der Waals surface area contributed by atoms with Crippen molar-refractivity contribution in [3.63, 3.8) is 0 Å². The van der Waals surface area contributed by atoms with Gasteiger partial charge in [0.2, 0.25) is 6.79 Å². The Morgan fingerprint density at radius 3 is 0.870 bits per heavy atom. The van der Waals surface area contributed by atoms with Crippen molar-refractivity contribution < 1.29 is 18.9 Å². The lowest BCUT2D eigenvalue weighted by molar-refractivity contribution is 0.0892. The van der Waals surface area contributed by atoms with E-state index in [9.17, 15) is 0 Å². The number of aromatic nitrogens is 4. The summed E-state index contributed by atoms with van der Waals surface area (Å²) in [6.07, 6.45) is 49.6. The summed E-state index contributed by atoms with van der Waals surface area (Å²) in [4.78, 5) is 35.1. The number of benzene rings is 3. The molecular formula is C131H219N11O4. The summed E-state index contributed by atoms with van der Waals surface area (Å²) in [6.45, 7) is 65.6. The zero-order valence-corrected chi connectivity index (χ0v) is 100.0. The van der Waals surface area contributed by atoms with E-state index in [2.05, 4.69) is 381 Å². The summed E-state index contributed by atoms with van der Waals surface area (Å²) >= 11 is 0. The van der Waals surface area contributed by atoms with Crippen LogP contribution >= 0.6 is 0 Å². The fraction of sp³-hybridized carbons (Fsp3) is 0.710. The van der Waals surface area contributed by atoms with Crippen LogP contribution in [-0.2, 0) is 42.2 Å². The summed E-state index contributed by atoms with van der Waals surface area (Å²) < 4.78 is 20.2. The van der Waals surface area contributed by atoms with E-state index >= 15 is 0 Å². The molecule has 7 fully saturated rings. The molecule has 2 unspecified atom stereocenters. The normalized spacial score (nSPS) is 24.0. The molecule has 15 heteroatoms. The van der Waals surface area contributed by atoms with Gasteiger partial charge in [0.05, 0.1) is 24.6 Å². The van der Waals surface area contributed by atoms with Gasteiger partial charge in [-0.1, -0.05) is 250 Å². The van der Waals surface area contributed by atoms with Crippen LogP contribution < -0.4 is 9.47 Å². The molecule has 0 radical (unpaired) electrons. The van der Waals surface area contributed by atoms with E-state index in [0.717, 1.165) is 116 Å². The third kappa shape index (κ3) is 44.7. The Morgan fingerprint density at radius 2 is 0.568 bits per heavy atom. The Balaban J connectivity index is 0.000000228. The van der Waals surface area contributed by atoms with Crippen molar-refractivity contribution in [3.8, 4) is 11.5 Å². The fourth-order valence-corrected chi connectivity index (χ4v) is 24.3. The maximum absolute atomic E-state index is 5.48.